The van der Waals surface area contributed by atoms with E-state index >= 15 is 0 Å². The summed E-state index contributed by atoms with van der Waals surface area (Å²) >= 11 is 0. The summed E-state index contributed by atoms with van der Waals surface area (Å²) in [4.78, 5) is 14.7. The lowest BCUT2D eigenvalue weighted by Gasteiger charge is -2.25. The van der Waals surface area contributed by atoms with Crippen LogP contribution in [0.1, 0.15) is 23.9 Å². The number of hydrogen-bond acceptors (Lipinski definition) is 3. The highest BCUT2D eigenvalue weighted by Gasteiger charge is 2.25. The molecule has 0 radical (unpaired) electrons. The van der Waals surface area contributed by atoms with Crippen LogP contribution in [0.15, 0.2) is 18.2 Å². The van der Waals surface area contributed by atoms with Gasteiger partial charge in [0.2, 0.25) is 0 Å². The summed E-state index contributed by atoms with van der Waals surface area (Å²) in [6.07, 6.45) is 0.712. The molecule has 0 bridgehead atoms. The first-order valence-electron chi connectivity index (χ1n) is 7.55. The summed E-state index contributed by atoms with van der Waals surface area (Å²) in [7, 11) is 0. The number of benzene rings is 1. The van der Waals surface area contributed by atoms with Gasteiger partial charge in [-0.3, -0.25) is 4.90 Å². The number of halogens is 2. The van der Waals surface area contributed by atoms with Gasteiger partial charge in [-0.05, 0) is 25.6 Å². The summed E-state index contributed by atoms with van der Waals surface area (Å²) in [5.41, 5.74) is 2.64. The fraction of sp³-hybridized carbons (Fsp3) is 0.375. The van der Waals surface area contributed by atoms with Gasteiger partial charge in [-0.25, -0.2) is 13.6 Å². The van der Waals surface area contributed by atoms with E-state index in [0.717, 1.165) is 48.7 Å². The van der Waals surface area contributed by atoms with Crippen molar-refractivity contribution >= 4 is 11.7 Å². The minimum Gasteiger partial charge on any atom is -0.303 e. The Labute approximate surface area is 132 Å². The second kappa shape index (κ2) is 6.08. The molecule has 0 spiro atoms. The molecule has 122 valence electrons. The molecule has 0 saturated carbocycles. The van der Waals surface area contributed by atoms with E-state index in [-0.39, 0.29) is 5.69 Å². The maximum absolute atomic E-state index is 13.7. The summed E-state index contributed by atoms with van der Waals surface area (Å²) in [6, 6.07) is 2.49. The Morgan fingerprint density at radius 3 is 2.87 bits per heavy atom. The van der Waals surface area contributed by atoms with Crippen molar-refractivity contribution in [2.45, 2.75) is 26.8 Å². The smallest absolute Gasteiger partial charge is 0.303 e. The van der Waals surface area contributed by atoms with Crippen LogP contribution < -0.4 is 5.32 Å². The number of aryl methyl sites for hydroxylation is 1. The maximum Gasteiger partial charge on any atom is 0.346 e. The lowest BCUT2D eigenvalue weighted by Crippen LogP contribution is -2.32. The Bertz CT molecular complexity index is 757. The molecule has 5 nitrogen and oxygen atoms in total. The quantitative estimate of drug-likeness (QED) is 0.925. The normalized spacial score (nSPS) is 14.6. The van der Waals surface area contributed by atoms with Crippen molar-refractivity contribution in [3.8, 4) is 0 Å². The average molecular weight is 320 g/mol. The molecule has 2 heterocycles. The Hall–Kier alpha value is -2.28. The van der Waals surface area contributed by atoms with Gasteiger partial charge in [-0.2, -0.15) is 9.78 Å². The van der Waals surface area contributed by atoms with E-state index in [4.69, 9.17) is 0 Å². The highest BCUT2D eigenvalue weighted by Crippen LogP contribution is 2.23. The largest absolute Gasteiger partial charge is 0.346 e. The number of rotatable bonds is 2. The van der Waals surface area contributed by atoms with Gasteiger partial charge < -0.3 is 5.32 Å². The van der Waals surface area contributed by atoms with Crippen molar-refractivity contribution in [1.82, 2.24) is 14.7 Å². The molecule has 0 atom stereocenters. The molecule has 0 aliphatic carbocycles. The molecule has 1 amide bonds. The van der Waals surface area contributed by atoms with Crippen LogP contribution in [-0.2, 0) is 13.0 Å². The molecule has 1 aromatic carbocycles. The molecule has 0 unspecified atom stereocenters. The van der Waals surface area contributed by atoms with Crippen LogP contribution in [0, 0.1) is 18.6 Å². The summed E-state index contributed by atoms with van der Waals surface area (Å²) in [5.74, 6) is -1.50. The molecule has 7 heteroatoms. The number of amides is 1. The Kier molecular flexibility index (Phi) is 4.12. The van der Waals surface area contributed by atoms with Gasteiger partial charge in [0.05, 0.1) is 17.1 Å². The van der Waals surface area contributed by atoms with E-state index in [1.807, 2.05) is 6.92 Å². The first kappa shape index (κ1) is 15.6. The number of likely N-dealkylation sites (N-methyl/N-ethyl adjacent to an activating group) is 1. The number of anilines is 1. The van der Waals surface area contributed by atoms with Crippen molar-refractivity contribution in [1.29, 1.82) is 0 Å². The highest BCUT2D eigenvalue weighted by atomic mass is 19.1. The van der Waals surface area contributed by atoms with Gasteiger partial charge in [-0.1, -0.05) is 6.92 Å². The Balaban J connectivity index is 1.86. The lowest BCUT2D eigenvalue weighted by atomic mass is 10.1. The number of carbonyl (C=O) groups is 1. The maximum atomic E-state index is 13.7. The third-order valence-corrected chi connectivity index (χ3v) is 4.15. The van der Waals surface area contributed by atoms with Crippen molar-refractivity contribution in [2.75, 3.05) is 18.4 Å². The number of aromatic nitrogens is 2. The van der Waals surface area contributed by atoms with Crippen LogP contribution in [0.25, 0.3) is 0 Å². The van der Waals surface area contributed by atoms with E-state index in [1.54, 1.807) is 0 Å². The monoisotopic (exact) mass is 320 g/mol. The molecule has 1 aromatic heterocycles. The summed E-state index contributed by atoms with van der Waals surface area (Å²) in [6.45, 7) is 6.51. The van der Waals surface area contributed by atoms with Crippen molar-refractivity contribution in [3.05, 3.63) is 46.8 Å². The third kappa shape index (κ3) is 2.96. The number of fused-ring (bicyclic) bond motifs is 1. The van der Waals surface area contributed by atoms with Crippen LogP contribution in [0.2, 0.25) is 0 Å². The van der Waals surface area contributed by atoms with Crippen molar-refractivity contribution < 1.29 is 13.6 Å². The summed E-state index contributed by atoms with van der Waals surface area (Å²) in [5, 5.41) is 6.73. The SMILES string of the molecule is CCN1CCc2c(c(C)nn2C(=O)Nc2ccc(F)cc2F)C1. The van der Waals surface area contributed by atoms with Crippen LogP contribution >= 0.6 is 0 Å². The van der Waals surface area contributed by atoms with Gasteiger partial charge in [-0.15, -0.1) is 0 Å². The van der Waals surface area contributed by atoms with E-state index < -0.39 is 17.7 Å². The zero-order valence-electron chi connectivity index (χ0n) is 13.1. The lowest BCUT2D eigenvalue weighted by molar-refractivity contribution is 0.245. The topological polar surface area (TPSA) is 50.2 Å². The van der Waals surface area contributed by atoms with Gasteiger partial charge >= 0.3 is 6.03 Å². The van der Waals surface area contributed by atoms with Gasteiger partial charge in [0.15, 0.2) is 0 Å². The van der Waals surface area contributed by atoms with E-state index in [2.05, 4.69) is 22.2 Å². The second-order valence-electron chi connectivity index (χ2n) is 5.60. The molecular weight excluding hydrogens is 302 g/mol. The van der Waals surface area contributed by atoms with E-state index in [9.17, 15) is 13.6 Å². The van der Waals surface area contributed by atoms with E-state index in [1.165, 1.54) is 10.7 Å². The molecule has 2 aromatic rings. The number of hydrogen-bond donors (Lipinski definition) is 1. The zero-order chi connectivity index (χ0) is 16.6. The molecule has 1 aliphatic heterocycles. The Morgan fingerprint density at radius 1 is 1.39 bits per heavy atom. The third-order valence-electron chi connectivity index (χ3n) is 4.15. The van der Waals surface area contributed by atoms with Gasteiger partial charge in [0.25, 0.3) is 0 Å². The minimum atomic E-state index is -0.812. The number of carbonyl (C=O) groups excluding carboxylic acids is 1. The van der Waals surface area contributed by atoms with Crippen LogP contribution in [0.5, 0.6) is 0 Å². The van der Waals surface area contributed by atoms with Gasteiger partial charge in [0, 0.05) is 31.1 Å². The fourth-order valence-corrected chi connectivity index (χ4v) is 2.83. The van der Waals surface area contributed by atoms with Crippen LogP contribution in [0.4, 0.5) is 19.3 Å². The number of nitrogens with zero attached hydrogens (tertiary/aromatic N) is 3. The molecular formula is C16H18F2N4O. The standard InChI is InChI=1S/C16H18F2N4O/c1-3-21-7-6-15-12(9-21)10(2)20-22(15)16(23)19-14-5-4-11(17)8-13(14)18/h4-5,8H,3,6-7,9H2,1-2H3,(H,19,23). The molecule has 23 heavy (non-hydrogen) atoms. The molecule has 0 saturated heterocycles. The predicted octanol–water partition coefficient (Wildman–Crippen LogP) is 2.93. The minimum absolute atomic E-state index is 0.0655. The molecule has 3 rings (SSSR count). The fourth-order valence-electron chi connectivity index (χ4n) is 2.83. The number of nitrogens with one attached hydrogen (secondary N) is 1. The average Bonchev–Trinajstić information content (AvgIpc) is 2.86. The summed E-state index contributed by atoms with van der Waals surface area (Å²) < 4.78 is 27.9. The van der Waals surface area contributed by atoms with Crippen LogP contribution in [0.3, 0.4) is 0 Å². The Morgan fingerprint density at radius 2 is 2.17 bits per heavy atom. The zero-order valence-corrected chi connectivity index (χ0v) is 13.1. The van der Waals surface area contributed by atoms with E-state index in [0.29, 0.717) is 6.42 Å². The van der Waals surface area contributed by atoms with Crippen molar-refractivity contribution in [2.24, 2.45) is 0 Å². The molecule has 1 N–H and O–H groups in total. The highest BCUT2D eigenvalue weighted by molar-refractivity contribution is 5.91. The van der Waals surface area contributed by atoms with Crippen LogP contribution in [-0.4, -0.2) is 33.8 Å². The first-order valence-corrected chi connectivity index (χ1v) is 7.55. The van der Waals surface area contributed by atoms with Crippen molar-refractivity contribution in [3.63, 3.8) is 0 Å². The molecule has 1 aliphatic rings. The van der Waals surface area contributed by atoms with Gasteiger partial charge in [0.1, 0.15) is 11.6 Å². The predicted molar refractivity (Wildman–Crippen MR) is 82.4 cm³/mol. The molecule has 0 fully saturated rings. The second-order valence-corrected chi connectivity index (χ2v) is 5.60. The first-order chi connectivity index (χ1) is 11.0.